The normalized spacial score (nSPS) is 11.3. The summed E-state index contributed by atoms with van der Waals surface area (Å²) in [4.78, 5) is 22.3. The molecule has 0 aliphatic rings. The molecule has 1 aromatic carbocycles. The summed E-state index contributed by atoms with van der Waals surface area (Å²) in [6, 6.07) is 3.94. The van der Waals surface area contributed by atoms with Crippen molar-refractivity contribution >= 4 is 18.0 Å². The topological polar surface area (TPSA) is 64.6 Å². The van der Waals surface area contributed by atoms with Gasteiger partial charge in [0.1, 0.15) is 6.54 Å². The van der Waals surface area contributed by atoms with Crippen molar-refractivity contribution in [3.8, 4) is 5.75 Å². The molecule has 0 saturated heterocycles. The average molecular weight is 335 g/mol. The first-order chi connectivity index (χ1) is 10.7. The van der Waals surface area contributed by atoms with Crippen LogP contribution in [0.1, 0.15) is 5.56 Å². The highest BCUT2D eigenvalue weighted by Crippen LogP contribution is 2.18. The van der Waals surface area contributed by atoms with E-state index in [2.05, 4.69) is 4.74 Å². The summed E-state index contributed by atoms with van der Waals surface area (Å²) in [6.07, 6.45) is -2.41. The molecule has 1 N–H and O–H groups in total. The summed E-state index contributed by atoms with van der Waals surface area (Å²) in [5.74, 6) is -2.64. The Hall–Kier alpha value is -2.58. The number of hydrogen-bond donors (Lipinski definition) is 1. The van der Waals surface area contributed by atoms with Gasteiger partial charge in [-0.05, 0) is 23.8 Å². The summed E-state index contributed by atoms with van der Waals surface area (Å²) in [5.41, 5.74) is 0.335. The highest BCUT2D eigenvalue weighted by molar-refractivity contribution is 5.89. The number of carbonyl (C=O) groups excluding carboxylic acids is 2. The second kappa shape index (κ2) is 8.16. The molecule has 0 atom stereocenters. The Morgan fingerprint density at radius 2 is 2.00 bits per heavy atom. The number of nitrogens with one attached hydrogen (secondary N) is 1. The van der Waals surface area contributed by atoms with E-state index in [1.807, 2.05) is 0 Å². The van der Waals surface area contributed by atoms with E-state index in [4.69, 9.17) is 4.74 Å². The first-order valence-electron chi connectivity index (χ1n) is 6.23. The van der Waals surface area contributed by atoms with Gasteiger partial charge in [-0.2, -0.15) is 13.2 Å². The lowest BCUT2D eigenvalue weighted by molar-refractivity contribution is -0.148. The lowest BCUT2D eigenvalue weighted by Gasteiger charge is -2.07. The summed E-state index contributed by atoms with van der Waals surface area (Å²) in [7, 11) is 1.30. The molecule has 0 aliphatic carbocycles. The van der Waals surface area contributed by atoms with Crippen LogP contribution < -0.4 is 10.1 Å². The van der Waals surface area contributed by atoms with E-state index in [1.165, 1.54) is 25.3 Å². The van der Waals surface area contributed by atoms with Crippen molar-refractivity contribution in [2.24, 2.45) is 0 Å². The zero-order chi connectivity index (χ0) is 17.5. The van der Waals surface area contributed by atoms with E-state index in [0.717, 1.165) is 12.1 Å². The Morgan fingerprint density at radius 1 is 1.30 bits per heavy atom. The molecule has 0 radical (unpaired) electrons. The van der Waals surface area contributed by atoms with Gasteiger partial charge in [-0.3, -0.25) is 4.79 Å². The number of methoxy groups -OCH3 is 1. The largest absolute Gasteiger partial charge is 0.494 e. The molecule has 0 unspecified atom stereocenters. The molecule has 0 aromatic heterocycles. The Balaban J connectivity index is 2.44. The van der Waals surface area contributed by atoms with Crippen LogP contribution >= 0.6 is 0 Å². The molecule has 0 bridgehead atoms. The third kappa shape index (κ3) is 7.30. The molecule has 126 valence electrons. The minimum Gasteiger partial charge on any atom is -0.494 e. The van der Waals surface area contributed by atoms with Crippen molar-refractivity contribution in [2.75, 3.05) is 20.3 Å². The predicted molar refractivity (Wildman–Crippen MR) is 72.0 cm³/mol. The van der Waals surface area contributed by atoms with Crippen LogP contribution in [0.3, 0.4) is 0 Å². The maximum absolute atomic E-state index is 13.4. The van der Waals surface area contributed by atoms with Gasteiger partial charge in [0.25, 0.3) is 5.91 Å². The number of benzene rings is 1. The number of halogens is 4. The molecule has 0 aliphatic heterocycles. The molecule has 0 spiro atoms. The zero-order valence-electron chi connectivity index (χ0n) is 11.9. The number of ether oxygens (including phenoxy) is 2. The maximum atomic E-state index is 13.4. The molecule has 9 heteroatoms. The van der Waals surface area contributed by atoms with Crippen molar-refractivity contribution in [3.05, 3.63) is 35.7 Å². The Kier molecular flexibility index (Phi) is 6.55. The van der Waals surface area contributed by atoms with Gasteiger partial charge in [0.05, 0.1) is 7.11 Å². The molecule has 1 aromatic rings. The van der Waals surface area contributed by atoms with E-state index in [1.54, 1.807) is 5.32 Å². The van der Waals surface area contributed by atoms with Crippen molar-refractivity contribution < 1.29 is 36.6 Å². The van der Waals surface area contributed by atoms with Gasteiger partial charge < -0.3 is 14.8 Å². The van der Waals surface area contributed by atoms with Gasteiger partial charge in [0.2, 0.25) is 0 Å². The number of esters is 1. The van der Waals surface area contributed by atoms with Gasteiger partial charge in [0.15, 0.2) is 18.2 Å². The van der Waals surface area contributed by atoms with Gasteiger partial charge in [-0.1, -0.05) is 6.07 Å². The van der Waals surface area contributed by atoms with Crippen molar-refractivity contribution in [1.82, 2.24) is 5.32 Å². The van der Waals surface area contributed by atoms with Gasteiger partial charge in [-0.25, -0.2) is 9.18 Å². The van der Waals surface area contributed by atoms with Gasteiger partial charge >= 0.3 is 12.1 Å². The molecule has 23 heavy (non-hydrogen) atoms. The van der Waals surface area contributed by atoms with Gasteiger partial charge in [0, 0.05) is 6.08 Å². The van der Waals surface area contributed by atoms with Crippen LogP contribution in [0.5, 0.6) is 5.75 Å². The first-order valence-corrected chi connectivity index (χ1v) is 6.23. The summed E-state index contributed by atoms with van der Waals surface area (Å²) in [5, 5.41) is 1.54. The molecule has 5 nitrogen and oxygen atoms in total. The van der Waals surface area contributed by atoms with Gasteiger partial charge in [-0.15, -0.1) is 0 Å². The average Bonchev–Trinajstić information content (AvgIpc) is 2.48. The summed E-state index contributed by atoms with van der Waals surface area (Å²) >= 11 is 0. The Bertz CT molecular complexity index is 599. The monoisotopic (exact) mass is 335 g/mol. The quantitative estimate of drug-likeness (QED) is 0.491. The molecule has 1 amide bonds. The molecule has 1 rings (SSSR count). The minimum absolute atomic E-state index is 0.0334. The van der Waals surface area contributed by atoms with Crippen LogP contribution in [0.4, 0.5) is 17.6 Å². The molecular weight excluding hydrogens is 322 g/mol. The summed E-state index contributed by atoms with van der Waals surface area (Å²) in [6.45, 7) is -2.36. The number of alkyl halides is 3. The van der Waals surface area contributed by atoms with Crippen molar-refractivity contribution in [2.45, 2.75) is 6.18 Å². The van der Waals surface area contributed by atoms with E-state index in [9.17, 15) is 27.2 Å². The lowest BCUT2D eigenvalue weighted by Crippen LogP contribution is -2.36. The van der Waals surface area contributed by atoms with Crippen molar-refractivity contribution in [3.63, 3.8) is 0 Å². The van der Waals surface area contributed by atoms with Crippen LogP contribution in [-0.2, 0) is 14.3 Å². The minimum atomic E-state index is -4.54. The molecule has 0 fully saturated rings. The summed E-state index contributed by atoms with van der Waals surface area (Å²) < 4.78 is 58.1. The fraction of sp³-hybridized carbons (Fsp3) is 0.286. The highest BCUT2D eigenvalue weighted by Gasteiger charge is 2.27. The highest BCUT2D eigenvalue weighted by atomic mass is 19.4. The zero-order valence-corrected chi connectivity index (χ0v) is 11.9. The van der Waals surface area contributed by atoms with E-state index >= 15 is 0 Å². The number of rotatable bonds is 6. The number of hydrogen-bond acceptors (Lipinski definition) is 4. The lowest BCUT2D eigenvalue weighted by atomic mass is 10.2. The third-order valence-electron chi connectivity index (χ3n) is 2.42. The second-order valence-corrected chi connectivity index (χ2v) is 4.23. The van der Waals surface area contributed by atoms with Crippen LogP contribution in [0, 0.1) is 5.82 Å². The van der Waals surface area contributed by atoms with Crippen LogP contribution in [0.2, 0.25) is 0 Å². The van der Waals surface area contributed by atoms with Crippen molar-refractivity contribution in [1.29, 1.82) is 0 Å². The number of carbonyl (C=O) groups is 2. The van der Waals surface area contributed by atoms with E-state index in [-0.39, 0.29) is 5.75 Å². The molecular formula is C14H13F4NO4. The van der Waals surface area contributed by atoms with Crippen LogP contribution in [0.15, 0.2) is 24.3 Å². The second-order valence-electron chi connectivity index (χ2n) is 4.23. The van der Waals surface area contributed by atoms with E-state index in [0.29, 0.717) is 5.56 Å². The predicted octanol–water partition coefficient (Wildman–Crippen LogP) is 2.07. The first kappa shape index (κ1) is 18.5. The van der Waals surface area contributed by atoms with Crippen LogP contribution in [-0.4, -0.2) is 38.3 Å². The Morgan fingerprint density at radius 3 is 2.57 bits per heavy atom. The van der Waals surface area contributed by atoms with E-state index < -0.39 is 37.0 Å². The fourth-order valence-corrected chi connectivity index (χ4v) is 1.39. The maximum Gasteiger partial charge on any atom is 0.405 e. The van der Waals surface area contributed by atoms with Crippen LogP contribution in [0.25, 0.3) is 6.08 Å². The smallest absolute Gasteiger partial charge is 0.405 e. The number of amides is 1. The standard InChI is InChI=1S/C14H13F4NO4/c1-22-11-4-2-9(6-10(11)15)3-5-13(21)23-7-12(20)19-8-14(16,17)18/h2-6H,7-8H2,1H3,(H,19,20)/b5-3+. The fourth-order valence-electron chi connectivity index (χ4n) is 1.39. The molecule has 0 saturated carbocycles. The third-order valence-corrected chi connectivity index (χ3v) is 2.42. The SMILES string of the molecule is COc1ccc(/C=C/C(=O)OCC(=O)NCC(F)(F)F)cc1F. The molecule has 0 heterocycles. The Labute approximate surface area is 128 Å².